The monoisotopic (exact) mass is 215 g/mol. The summed E-state index contributed by atoms with van der Waals surface area (Å²) in [6.45, 7) is 2.11. The van der Waals surface area contributed by atoms with E-state index in [1.165, 1.54) is 16.0 Å². The lowest BCUT2D eigenvalue weighted by molar-refractivity contribution is 1.28. The van der Waals surface area contributed by atoms with Gasteiger partial charge in [-0.25, -0.2) is 0 Å². The smallest absolute Gasteiger partial charge is 0.0713 e. The van der Waals surface area contributed by atoms with Crippen LogP contribution in [0.15, 0.2) is 47.5 Å². The molecule has 1 heterocycles. The highest BCUT2D eigenvalue weighted by Gasteiger charge is 2.04. The summed E-state index contributed by atoms with van der Waals surface area (Å²) >= 11 is 1.76. The Bertz CT molecular complexity index is 451. The van der Waals surface area contributed by atoms with Crippen LogP contribution in [0.3, 0.4) is 0 Å². The number of benzene rings is 1. The Morgan fingerprint density at radius 1 is 1.13 bits per heavy atom. The van der Waals surface area contributed by atoms with E-state index >= 15 is 0 Å². The molecule has 76 valence electrons. The topological polar surface area (TPSA) is 12.9 Å². The van der Waals surface area contributed by atoms with Crippen LogP contribution in [0.4, 0.5) is 0 Å². The molecule has 15 heavy (non-hydrogen) atoms. The molecule has 0 aliphatic carbocycles. The van der Waals surface area contributed by atoms with Crippen LogP contribution < -0.4 is 0 Å². The lowest BCUT2D eigenvalue weighted by Gasteiger charge is -2.07. The van der Waals surface area contributed by atoms with E-state index in [4.69, 9.17) is 0 Å². The Morgan fingerprint density at radius 2 is 2.00 bits per heavy atom. The van der Waals surface area contributed by atoms with Crippen LogP contribution in [0.1, 0.15) is 5.56 Å². The van der Waals surface area contributed by atoms with E-state index in [1.807, 2.05) is 18.3 Å². The molecule has 1 aromatic heterocycles. The van der Waals surface area contributed by atoms with Crippen LogP contribution in [0, 0.1) is 6.92 Å². The fraction of sp³-hybridized carbons (Fsp3) is 0.154. The maximum Gasteiger partial charge on any atom is 0.0713 e. The number of pyridine rings is 1. The number of aromatic nitrogens is 1. The first-order chi connectivity index (χ1) is 7.31. The lowest BCUT2D eigenvalue weighted by Crippen LogP contribution is -1.86. The van der Waals surface area contributed by atoms with E-state index in [9.17, 15) is 0 Å². The molecule has 2 rings (SSSR count). The minimum absolute atomic E-state index is 1.05. The Labute approximate surface area is 94.6 Å². The van der Waals surface area contributed by atoms with E-state index in [2.05, 4.69) is 42.4 Å². The third-order valence-electron chi connectivity index (χ3n) is 2.30. The van der Waals surface area contributed by atoms with Gasteiger partial charge in [-0.3, -0.25) is 4.98 Å². The van der Waals surface area contributed by atoms with E-state index in [-0.39, 0.29) is 0 Å². The molecule has 0 aliphatic rings. The van der Waals surface area contributed by atoms with Crippen molar-refractivity contribution in [2.24, 2.45) is 0 Å². The first-order valence-corrected chi connectivity index (χ1v) is 6.10. The number of hydrogen-bond donors (Lipinski definition) is 0. The van der Waals surface area contributed by atoms with Crippen molar-refractivity contribution in [1.29, 1.82) is 0 Å². The highest BCUT2D eigenvalue weighted by Crippen LogP contribution is 2.29. The van der Waals surface area contributed by atoms with Crippen molar-refractivity contribution in [1.82, 2.24) is 4.98 Å². The Morgan fingerprint density at radius 3 is 2.67 bits per heavy atom. The third kappa shape index (κ3) is 2.21. The second-order valence-electron chi connectivity index (χ2n) is 3.42. The van der Waals surface area contributed by atoms with Crippen molar-refractivity contribution in [3.8, 4) is 11.3 Å². The Balaban J connectivity index is 2.56. The fourth-order valence-electron chi connectivity index (χ4n) is 1.54. The van der Waals surface area contributed by atoms with Gasteiger partial charge in [-0.1, -0.05) is 17.7 Å². The van der Waals surface area contributed by atoms with Crippen LogP contribution >= 0.6 is 11.8 Å². The molecule has 2 heteroatoms. The second-order valence-corrected chi connectivity index (χ2v) is 4.27. The van der Waals surface area contributed by atoms with Crippen molar-refractivity contribution < 1.29 is 0 Å². The minimum Gasteiger partial charge on any atom is -0.256 e. The third-order valence-corrected chi connectivity index (χ3v) is 3.09. The summed E-state index contributed by atoms with van der Waals surface area (Å²) in [5.74, 6) is 0. The Hall–Kier alpha value is -1.28. The molecule has 0 amide bonds. The molecule has 0 bridgehead atoms. The Kier molecular flexibility index (Phi) is 3.07. The van der Waals surface area contributed by atoms with E-state index in [0.29, 0.717) is 0 Å². The van der Waals surface area contributed by atoms with Crippen molar-refractivity contribution in [2.45, 2.75) is 11.8 Å². The van der Waals surface area contributed by atoms with Crippen LogP contribution in [0.5, 0.6) is 0 Å². The maximum absolute atomic E-state index is 4.39. The van der Waals surface area contributed by atoms with Gasteiger partial charge in [-0.15, -0.1) is 11.8 Å². The molecule has 2 aromatic rings. The van der Waals surface area contributed by atoms with E-state index < -0.39 is 0 Å². The SMILES string of the molecule is CSc1ccc(C)cc1-c1ccccn1. The number of hydrogen-bond acceptors (Lipinski definition) is 2. The van der Waals surface area contributed by atoms with Crippen LogP contribution in [-0.2, 0) is 0 Å². The van der Waals surface area contributed by atoms with E-state index in [0.717, 1.165) is 5.69 Å². The zero-order valence-corrected chi connectivity index (χ0v) is 9.71. The minimum atomic E-state index is 1.05. The molecule has 0 N–H and O–H groups in total. The number of rotatable bonds is 2. The number of aryl methyl sites for hydroxylation is 1. The van der Waals surface area contributed by atoms with Crippen molar-refractivity contribution in [3.63, 3.8) is 0 Å². The highest BCUT2D eigenvalue weighted by atomic mass is 32.2. The summed E-state index contributed by atoms with van der Waals surface area (Å²) in [4.78, 5) is 5.66. The highest BCUT2D eigenvalue weighted by molar-refractivity contribution is 7.98. The maximum atomic E-state index is 4.39. The molecule has 0 radical (unpaired) electrons. The molecular weight excluding hydrogens is 202 g/mol. The zero-order chi connectivity index (χ0) is 10.7. The molecule has 0 aliphatic heterocycles. The molecule has 0 saturated carbocycles. The predicted molar refractivity (Wildman–Crippen MR) is 66.2 cm³/mol. The largest absolute Gasteiger partial charge is 0.256 e. The summed E-state index contributed by atoms with van der Waals surface area (Å²) in [6, 6.07) is 12.5. The van der Waals surface area contributed by atoms with Gasteiger partial charge in [0.15, 0.2) is 0 Å². The molecule has 0 fully saturated rings. The average molecular weight is 215 g/mol. The van der Waals surface area contributed by atoms with Crippen LogP contribution in [-0.4, -0.2) is 11.2 Å². The quantitative estimate of drug-likeness (QED) is 0.707. The molecule has 0 saturated heterocycles. The number of nitrogens with zero attached hydrogens (tertiary/aromatic N) is 1. The first kappa shape index (κ1) is 10.2. The van der Waals surface area contributed by atoms with Gasteiger partial charge in [0.05, 0.1) is 5.69 Å². The average Bonchev–Trinajstić information content (AvgIpc) is 2.30. The van der Waals surface area contributed by atoms with Gasteiger partial charge in [0.1, 0.15) is 0 Å². The molecule has 1 nitrogen and oxygen atoms in total. The van der Waals surface area contributed by atoms with Gasteiger partial charge in [0.25, 0.3) is 0 Å². The number of thioether (sulfide) groups is 1. The first-order valence-electron chi connectivity index (χ1n) is 4.87. The molecule has 0 spiro atoms. The predicted octanol–water partition coefficient (Wildman–Crippen LogP) is 3.78. The standard InChI is InChI=1S/C13H13NS/c1-10-6-7-13(15-2)11(9-10)12-5-3-4-8-14-12/h3-9H,1-2H3. The lowest BCUT2D eigenvalue weighted by atomic mass is 10.1. The van der Waals surface area contributed by atoms with Gasteiger partial charge < -0.3 is 0 Å². The summed E-state index contributed by atoms with van der Waals surface area (Å²) in [7, 11) is 0. The summed E-state index contributed by atoms with van der Waals surface area (Å²) in [5.41, 5.74) is 3.54. The van der Waals surface area contributed by atoms with Crippen molar-refractivity contribution >= 4 is 11.8 Å². The summed E-state index contributed by atoms with van der Waals surface area (Å²) in [5, 5.41) is 0. The van der Waals surface area contributed by atoms with Gasteiger partial charge in [-0.05, 0) is 37.4 Å². The fourth-order valence-corrected chi connectivity index (χ4v) is 2.13. The van der Waals surface area contributed by atoms with Crippen LogP contribution in [0.25, 0.3) is 11.3 Å². The normalized spacial score (nSPS) is 10.3. The van der Waals surface area contributed by atoms with Crippen LogP contribution in [0.2, 0.25) is 0 Å². The molecule has 0 atom stereocenters. The van der Waals surface area contributed by atoms with Crippen molar-refractivity contribution in [3.05, 3.63) is 48.2 Å². The molecule has 1 aromatic carbocycles. The molecule has 0 unspecified atom stereocenters. The summed E-state index contributed by atoms with van der Waals surface area (Å²) in [6.07, 6.45) is 3.93. The molecular formula is C13H13NS. The van der Waals surface area contributed by atoms with Crippen molar-refractivity contribution in [2.75, 3.05) is 6.26 Å². The van der Waals surface area contributed by atoms with Gasteiger partial charge in [-0.2, -0.15) is 0 Å². The van der Waals surface area contributed by atoms with Gasteiger partial charge in [0, 0.05) is 16.7 Å². The zero-order valence-electron chi connectivity index (χ0n) is 8.90. The summed E-state index contributed by atoms with van der Waals surface area (Å²) < 4.78 is 0. The van der Waals surface area contributed by atoms with E-state index in [1.54, 1.807) is 11.8 Å². The second kappa shape index (κ2) is 4.49. The van der Waals surface area contributed by atoms with Gasteiger partial charge >= 0.3 is 0 Å². The van der Waals surface area contributed by atoms with Gasteiger partial charge in [0.2, 0.25) is 0 Å².